The molecular weight excluding hydrogens is 542 g/mol. The van der Waals surface area contributed by atoms with E-state index < -0.39 is 23.5 Å². The van der Waals surface area contributed by atoms with Crippen molar-refractivity contribution in [2.45, 2.75) is 57.6 Å². The zero-order chi connectivity index (χ0) is 29.6. The number of carboxylic acid groups (broad SMARTS) is 1. The molecule has 1 fully saturated rings. The predicted octanol–water partition coefficient (Wildman–Crippen LogP) is 5.59. The largest absolute Gasteiger partial charge is 0.492 e. The fraction of sp³-hybridized carbons (Fsp3) is 0.406. The molecule has 0 unspecified atom stereocenters. The topological polar surface area (TPSA) is 112 Å². The molecule has 1 amide bonds. The normalized spacial score (nSPS) is 18.7. The second-order valence-corrected chi connectivity index (χ2v) is 11.1. The molecular formula is C32H38ClN3O5. The monoisotopic (exact) mass is 579 g/mol. The predicted molar refractivity (Wildman–Crippen MR) is 160 cm³/mol. The lowest BCUT2D eigenvalue weighted by Crippen LogP contribution is -2.57. The van der Waals surface area contributed by atoms with Crippen molar-refractivity contribution in [3.05, 3.63) is 70.9 Å². The van der Waals surface area contributed by atoms with Crippen molar-refractivity contribution in [3.63, 3.8) is 0 Å². The Morgan fingerprint density at radius 1 is 1.12 bits per heavy atom. The van der Waals surface area contributed by atoms with E-state index >= 15 is 0 Å². The van der Waals surface area contributed by atoms with Crippen LogP contribution in [0.15, 0.2) is 54.6 Å². The van der Waals surface area contributed by atoms with E-state index in [-0.39, 0.29) is 18.5 Å². The molecule has 8 nitrogen and oxygen atoms in total. The summed E-state index contributed by atoms with van der Waals surface area (Å²) >= 11 is 6.49. The number of hydrogen-bond donors (Lipinski definition) is 3. The highest BCUT2D eigenvalue weighted by atomic mass is 35.5. The van der Waals surface area contributed by atoms with Gasteiger partial charge in [0.2, 0.25) is 0 Å². The Labute approximate surface area is 246 Å². The van der Waals surface area contributed by atoms with Crippen molar-refractivity contribution < 1.29 is 24.5 Å². The molecule has 0 saturated heterocycles. The molecule has 0 radical (unpaired) electrons. The van der Waals surface area contributed by atoms with Crippen molar-refractivity contribution in [2.24, 2.45) is 0 Å². The number of aryl methyl sites for hydroxylation is 1. The van der Waals surface area contributed by atoms with Gasteiger partial charge in [0.1, 0.15) is 17.0 Å². The number of ether oxygens (including phenoxy) is 1. The quantitative estimate of drug-likeness (QED) is 0.254. The molecule has 1 aromatic heterocycles. The van der Waals surface area contributed by atoms with Crippen LogP contribution >= 0.6 is 11.6 Å². The summed E-state index contributed by atoms with van der Waals surface area (Å²) in [6.07, 6.45) is 1.19. The lowest BCUT2D eigenvalue weighted by Gasteiger charge is -2.35. The van der Waals surface area contributed by atoms with Gasteiger partial charge in [0.25, 0.3) is 5.91 Å². The number of aliphatic hydroxyl groups is 1. The van der Waals surface area contributed by atoms with Crippen molar-refractivity contribution in [3.8, 4) is 28.1 Å². The van der Waals surface area contributed by atoms with Gasteiger partial charge in [0.05, 0.1) is 23.4 Å². The highest BCUT2D eigenvalue weighted by Gasteiger charge is 2.43. The highest BCUT2D eigenvalue weighted by molar-refractivity contribution is 6.32. The first-order valence-electron chi connectivity index (χ1n) is 14.1. The first-order valence-corrected chi connectivity index (χ1v) is 14.4. The van der Waals surface area contributed by atoms with Crippen LogP contribution in [0, 0.1) is 6.92 Å². The van der Waals surface area contributed by atoms with Crippen LogP contribution in [0.2, 0.25) is 5.02 Å². The van der Waals surface area contributed by atoms with Crippen molar-refractivity contribution in [1.29, 1.82) is 0 Å². The van der Waals surface area contributed by atoms with Gasteiger partial charge in [0.15, 0.2) is 0 Å². The minimum atomic E-state index is -1.44. The Balaban J connectivity index is 1.70. The smallest absolute Gasteiger partial charge is 0.329 e. The third kappa shape index (κ3) is 7.25. The molecule has 9 heteroatoms. The third-order valence-electron chi connectivity index (χ3n) is 7.82. The van der Waals surface area contributed by atoms with Crippen LogP contribution in [0.25, 0.3) is 22.4 Å². The molecule has 0 spiro atoms. The maximum absolute atomic E-state index is 13.4. The van der Waals surface area contributed by atoms with Gasteiger partial charge < -0.3 is 25.2 Å². The van der Waals surface area contributed by atoms with Gasteiger partial charge in [-0.3, -0.25) is 4.79 Å². The second-order valence-electron chi connectivity index (χ2n) is 10.7. The maximum atomic E-state index is 13.4. The summed E-state index contributed by atoms with van der Waals surface area (Å²) in [5.74, 6) is -1.16. The Morgan fingerprint density at radius 2 is 1.85 bits per heavy atom. The van der Waals surface area contributed by atoms with Crippen LogP contribution in [-0.4, -0.2) is 70.4 Å². The van der Waals surface area contributed by atoms with Crippen LogP contribution in [0.3, 0.4) is 0 Å². The maximum Gasteiger partial charge on any atom is 0.329 e. The van der Waals surface area contributed by atoms with Crippen molar-refractivity contribution in [2.75, 3.05) is 26.7 Å². The average Bonchev–Trinajstić information content (AvgIpc) is 2.97. The molecule has 0 aliphatic heterocycles. The van der Waals surface area contributed by atoms with E-state index in [0.29, 0.717) is 35.9 Å². The molecule has 218 valence electrons. The average molecular weight is 580 g/mol. The minimum Gasteiger partial charge on any atom is -0.492 e. The van der Waals surface area contributed by atoms with E-state index in [1.54, 1.807) is 12.1 Å². The summed E-state index contributed by atoms with van der Waals surface area (Å²) in [4.78, 5) is 32.6. The number of halogens is 1. The number of benzene rings is 2. The van der Waals surface area contributed by atoms with Gasteiger partial charge in [-0.15, -0.1) is 0 Å². The molecule has 1 aliphatic rings. The Kier molecular flexibility index (Phi) is 10.0. The number of carbonyl (C=O) groups excluding carboxylic acids is 1. The molecule has 1 saturated carbocycles. The number of hydrogen-bond acceptors (Lipinski definition) is 6. The fourth-order valence-corrected chi connectivity index (χ4v) is 5.28. The summed E-state index contributed by atoms with van der Waals surface area (Å²) in [7, 11) is 2.06. The van der Waals surface area contributed by atoms with Crippen LogP contribution < -0.4 is 10.1 Å². The van der Waals surface area contributed by atoms with Crippen LogP contribution in [-0.2, 0) is 4.79 Å². The summed E-state index contributed by atoms with van der Waals surface area (Å²) in [6, 6.07) is 16.8. The summed E-state index contributed by atoms with van der Waals surface area (Å²) < 4.78 is 6.04. The van der Waals surface area contributed by atoms with Gasteiger partial charge >= 0.3 is 5.97 Å². The summed E-state index contributed by atoms with van der Waals surface area (Å²) in [6.45, 7) is 6.48. The number of rotatable bonds is 11. The molecule has 3 N–H and O–H groups in total. The summed E-state index contributed by atoms with van der Waals surface area (Å²) in [5.41, 5.74) is 2.77. The molecule has 41 heavy (non-hydrogen) atoms. The number of aromatic nitrogens is 1. The van der Waals surface area contributed by atoms with Gasteiger partial charge in [-0.2, -0.15) is 0 Å². The zero-order valence-corrected chi connectivity index (χ0v) is 24.6. The van der Waals surface area contributed by atoms with Crippen LogP contribution in [0.1, 0.15) is 55.1 Å². The number of amides is 1. The van der Waals surface area contributed by atoms with Gasteiger partial charge in [-0.25, -0.2) is 9.78 Å². The number of carboxylic acids is 1. The standard InChI is InChI=1S/C32H38ClN3O5/c1-4-36(3)18-7-19-41-28-20-22(10-12-26(28)33)29-25(24-9-6-5-8-21(24)2)11-13-27(34-29)30(38)35-32(31(39)40)16-14-23(37)15-17-32/h5-6,8-13,20,23,37H,4,7,14-19H2,1-3H3,(H,35,38)(H,39,40). The number of pyridine rings is 1. The number of nitrogens with zero attached hydrogens (tertiary/aromatic N) is 2. The molecule has 2 aromatic carbocycles. The minimum absolute atomic E-state index is 0.101. The highest BCUT2D eigenvalue weighted by Crippen LogP contribution is 2.37. The van der Waals surface area contributed by atoms with Gasteiger partial charge in [0, 0.05) is 17.7 Å². The van der Waals surface area contributed by atoms with E-state index in [1.807, 2.05) is 49.4 Å². The number of carbonyl (C=O) groups is 2. The first kappa shape index (κ1) is 30.5. The lowest BCUT2D eigenvalue weighted by atomic mass is 9.80. The van der Waals surface area contributed by atoms with Crippen molar-refractivity contribution in [1.82, 2.24) is 15.2 Å². The van der Waals surface area contributed by atoms with Gasteiger partial charge in [-0.1, -0.05) is 48.9 Å². The van der Waals surface area contributed by atoms with E-state index in [1.165, 1.54) is 0 Å². The van der Waals surface area contributed by atoms with E-state index in [0.717, 1.165) is 41.8 Å². The van der Waals surface area contributed by atoms with Crippen molar-refractivity contribution >= 4 is 23.5 Å². The number of nitrogens with one attached hydrogen (secondary N) is 1. The molecule has 0 atom stereocenters. The second kappa shape index (κ2) is 13.5. The SMILES string of the molecule is CCN(C)CCCOc1cc(-c2nc(C(=O)NC3(C(=O)O)CCC(O)CC3)ccc2-c2ccccc2C)ccc1Cl. The first-order chi connectivity index (χ1) is 19.6. The molecule has 1 aliphatic carbocycles. The molecule has 4 rings (SSSR count). The van der Waals surface area contributed by atoms with E-state index in [9.17, 15) is 19.8 Å². The Hall–Kier alpha value is -3.46. The molecule has 3 aromatic rings. The molecule has 0 bridgehead atoms. The Morgan fingerprint density at radius 3 is 2.54 bits per heavy atom. The van der Waals surface area contributed by atoms with Crippen LogP contribution in [0.4, 0.5) is 0 Å². The third-order valence-corrected chi connectivity index (χ3v) is 8.13. The van der Waals surface area contributed by atoms with Gasteiger partial charge in [-0.05, 0) is 88.0 Å². The molecule has 1 heterocycles. The zero-order valence-electron chi connectivity index (χ0n) is 23.8. The lowest BCUT2D eigenvalue weighted by molar-refractivity contribution is -0.146. The van der Waals surface area contributed by atoms with Crippen LogP contribution in [0.5, 0.6) is 5.75 Å². The Bertz CT molecular complexity index is 1390. The summed E-state index contributed by atoms with van der Waals surface area (Å²) in [5, 5.41) is 23.1. The number of aliphatic carboxylic acids is 1. The van der Waals surface area contributed by atoms with E-state index in [4.69, 9.17) is 21.3 Å². The fourth-order valence-electron chi connectivity index (χ4n) is 5.10. The van der Waals surface area contributed by atoms with E-state index in [2.05, 4.69) is 24.2 Å². The number of aliphatic hydroxyl groups excluding tert-OH is 1.